The van der Waals surface area contributed by atoms with Gasteiger partial charge in [0.25, 0.3) is 5.92 Å². The van der Waals surface area contributed by atoms with Gasteiger partial charge in [0.2, 0.25) is 0 Å². The molecule has 0 bridgehead atoms. The van der Waals surface area contributed by atoms with Gasteiger partial charge in [0.15, 0.2) is 0 Å². The normalized spacial score (nSPS) is 11.2. The Labute approximate surface area is 149 Å². The molecule has 0 aliphatic carbocycles. The number of halogens is 4. The number of benzene rings is 1. The highest BCUT2D eigenvalue weighted by molar-refractivity contribution is 5.85. The van der Waals surface area contributed by atoms with Crippen molar-refractivity contribution in [1.29, 1.82) is 0 Å². The van der Waals surface area contributed by atoms with Crippen molar-refractivity contribution in [2.24, 2.45) is 0 Å². The molecule has 2 aromatic heterocycles. The van der Waals surface area contributed by atoms with Crippen LogP contribution >= 0.6 is 12.4 Å². The van der Waals surface area contributed by atoms with Crippen LogP contribution in [0.2, 0.25) is 0 Å². The molecule has 0 aliphatic heterocycles. The standard InChI is InChI=1S/C17H15F3N4.ClH/c1-11-21-5-6-24(11)10-14-7-13(9-22-23-14)12-3-4-16(18)15(8-12)17(2,19)20;/h3-9H,10H2,1-2H3;1H. The summed E-state index contributed by atoms with van der Waals surface area (Å²) in [5.74, 6) is -3.35. The molecule has 132 valence electrons. The van der Waals surface area contributed by atoms with Crippen LogP contribution in [0.15, 0.2) is 42.9 Å². The number of aryl methyl sites for hydroxylation is 1. The molecule has 0 N–H and O–H groups in total. The number of nitrogens with zero attached hydrogens (tertiary/aromatic N) is 4. The lowest BCUT2D eigenvalue weighted by Crippen LogP contribution is -2.10. The number of hydrogen-bond donors (Lipinski definition) is 0. The SMILES string of the molecule is Cc1nccn1Cc1cc(-c2ccc(F)c(C(C)(F)F)c2)cnn1.Cl. The molecule has 0 radical (unpaired) electrons. The van der Waals surface area contributed by atoms with Crippen molar-refractivity contribution < 1.29 is 13.2 Å². The fraction of sp³-hybridized carbons (Fsp3) is 0.235. The second-order valence-corrected chi connectivity index (χ2v) is 5.62. The minimum Gasteiger partial charge on any atom is -0.329 e. The zero-order valence-electron chi connectivity index (χ0n) is 13.6. The van der Waals surface area contributed by atoms with Crippen LogP contribution in [0.3, 0.4) is 0 Å². The first kappa shape index (κ1) is 18.9. The Morgan fingerprint density at radius 2 is 1.92 bits per heavy atom. The Balaban J connectivity index is 0.00000225. The summed E-state index contributed by atoms with van der Waals surface area (Å²) in [5, 5.41) is 7.97. The largest absolute Gasteiger partial charge is 0.329 e. The van der Waals surface area contributed by atoms with E-state index in [2.05, 4.69) is 15.2 Å². The number of aromatic nitrogens is 4. The Kier molecular flexibility index (Phi) is 5.47. The van der Waals surface area contributed by atoms with Crippen LogP contribution in [-0.4, -0.2) is 19.7 Å². The fourth-order valence-corrected chi connectivity index (χ4v) is 2.43. The van der Waals surface area contributed by atoms with Crippen LogP contribution in [0, 0.1) is 12.7 Å². The lowest BCUT2D eigenvalue weighted by molar-refractivity contribution is 0.0138. The Morgan fingerprint density at radius 1 is 1.16 bits per heavy atom. The van der Waals surface area contributed by atoms with Gasteiger partial charge >= 0.3 is 0 Å². The molecule has 25 heavy (non-hydrogen) atoms. The van der Waals surface area contributed by atoms with Crippen molar-refractivity contribution >= 4 is 12.4 Å². The summed E-state index contributed by atoms with van der Waals surface area (Å²) >= 11 is 0. The van der Waals surface area contributed by atoms with Gasteiger partial charge in [-0.05, 0) is 30.7 Å². The second kappa shape index (κ2) is 7.23. The smallest absolute Gasteiger partial charge is 0.273 e. The number of hydrogen-bond acceptors (Lipinski definition) is 3. The third kappa shape index (κ3) is 4.17. The molecule has 8 heteroatoms. The van der Waals surface area contributed by atoms with E-state index < -0.39 is 17.3 Å². The van der Waals surface area contributed by atoms with E-state index in [-0.39, 0.29) is 12.4 Å². The van der Waals surface area contributed by atoms with E-state index in [1.165, 1.54) is 12.3 Å². The quantitative estimate of drug-likeness (QED) is 0.686. The monoisotopic (exact) mass is 368 g/mol. The summed E-state index contributed by atoms with van der Waals surface area (Å²) in [6.07, 6.45) is 4.97. The second-order valence-electron chi connectivity index (χ2n) is 5.62. The van der Waals surface area contributed by atoms with E-state index in [1.807, 2.05) is 17.7 Å². The van der Waals surface area contributed by atoms with E-state index in [0.29, 0.717) is 30.3 Å². The Bertz CT molecular complexity index is 874. The molecule has 1 aromatic carbocycles. The zero-order chi connectivity index (χ0) is 17.3. The predicted octanol–water partition coefficient (Wildman–Crippen LogP) is 4.37. The number of alkyl halides is 2. The molecule has 0 saturated heterocycles. The molecule has 0 fully saturated rings. The Hall–Kier alpha value is -2.41. The van der Waals surface area contributed by atoms with E-state index in [1.54, 1.807) is 12.3 Å². The summed E-state index contributed by atoms with van der Waals surface area (Å²) in [5.41, 5.74) is 1.08. The van der Waals surface area contributed by atoms with E-state index in [0.717, 1.165) is 18.0 Å². The van der Waals surface area contributed by atoms with Crippen molar-refractivity contribution in [2.75, 3.05) is 0 Å². The van der Waals surface area contributed by atoms with Crippen LogP contribution in [0.4, 0.5) is 13.2 Å². The lowest BCUT2D eigenvalue weighted by atomic mass is 10.0. The maximum absolute atomic E-state index is 13.6. The Morgan fingerprint density at radius 3 is 2.56 bits per heavy atom. The molecule has 0 unspecified atom stereocenters. The first-order valence-corrected chi connectivity index (χ1v) is 7.32. The molecular formula is C17H16ClF3N4. The molecule has 0 atom stereocenters. The summed E-state index contributed by atoms with van der Waals surface area (Å²) in [6.45, 7) is 3.00. The molecule has 3 aromatic rings. The first-order valence-electron chi connectivity index (χ1n) is 7.32. The summed E-state index contributed by atoms with van der Waals surface area (Å²) in [4.78, 5) is 4.13. The van der Waals surface area contributed by atoms with Gasteiger partial charge in [-0.25, -0.2) is 18.2 Å². The van der Waals surface area contributed by atoms with Crippen LogP contribution in [0.5, 0.6) is 0 Å². The van der Waals surface area contributed by atoms with Gasteiger partial charge < -0.3 is 4.57 Å². The topological polar surface area (TPSA) is 43.6 Å². The molecule has 4 nitrogen and oxygen atoms in total. The minimum absolute atomic E-state index is 0. The molecule has 2 heterocycles. The minimum atomic E-state index is -3.25. The third-order valence-corrected chi connectivity index (χ3v) is 3.73. The summed E-state index contributed by atoms with van der Waals surface area (Å²) in [6, 6.07) is 5.39. The first-order chi connectivity index (χ1) is 11.3. The van der Waals surface area contributed by atoms with Crippen molar-refractivity contribution in [3.8, 4) is 11.1 Å². The van der Waals surface area contributed by atoms with E-state index in [9.17, 15) is 13.2 Å². The molecule has 0 spiro atoms. The highest BCUT2D eigenvalue weighted by Gasteiger charge is 2.28. The maximum atomic E-state index is 13.6. The highest BCUT2D eigenvalue weighted by atomic mass is 35.5. The van der Waals surface area contributed by atoms with Crippen LogP contribution in [0.1, 0.15) is 24.0 Å². The van der Waals surface area contributed by atoms with Crippen molar-refractivity contribution in [3.05, 3.63) is 65.8 Å². The average Bonchev–Trinajstić information content (AvgIpc) is 2.92. The van der Waals surface area contributed by atoms with Gasteiger partial charge in [0.05, 0.1) is 24.0 Å². The molecule has 0 saturated carbocycles. The predicted molar refractivity (Wildman–Crippen MR) is 90.3 cm³/mol. The summed E-state index contributed by atoms with van der Waals surface area (Å²) in [7, 11) is 0. The van der Waals surface area contributed by atoms with Crippen molar-refractivity contribution in [2.45, 2.75) is 26.3 Å². The molecule has 0 amide bonds. The number of imidazole rings is 1. The van der Waals surface area contributed by atoms with Gasteiger partial charge in [-0.15, -0.1) is 12.4 Å². The van der Waals surface area contributed by atoms with E-state index >= 15 is 0 Å². The van der Waals surface area contributed by atoms with Crippen LogP contribution < -0.4 is 0 Å². The van der Waals surface area contributed by atoms with Gasteiger partial charge in [-0.1, -0.05) is 6.07 Å². The van der Waals surface area contributed by atoms with E-state index in [4.69, 9.17) is 0 Å². The van der Waals surface area contributed by atoms with Gasteiger partial charge in [-0.3, -0.25) is 0 Å². The third-order valence-electron chi connectivity index (χ3n) is 3.73. The van der Waals surface area contributed by atoms with Gasteiger partial charge in [0.1, 0.15) is 11.6 Å². The van der Waals surface area contributed by atoms with Gasteiger partial charge in [0, 0.05) is 24.9 Å². The molecule has 3 rings (SSSR count). The number of rotatable bonds is 4. The van der Waals surface area contributed by atoms with Crippen LogP contribution in [-0.2, 0) is 12.5 Å². The fourth-order valence-electron chi connectivity index (χ4n) is 2.43. The van der Waals surface area contributed by atoms with Gasteiger partial charge in [-0.2, -0.15) is 10.2 Å². The average molecular weight is 369 g/mol. The highest BCUT2D eigenvalue weighted by Crippen LogP contribution is 2.32. The zero-order valence-corrected chi connectivity index (χ0v) is 14.4. The van der Waals surface area contributed by atoms with Crippen molar-refractivity contribution in [3.63, 3.8) is 0 Å². The maximum Gasteiger partial charge on any atom is 0.273 e. The van der Waals surface area contributed by atoms with Crippen LogP contribution in [0.25, 0.3) is 11.1 Å². The molecule has 0 aliphatic rings. The summed E-state index contributed by atoms with van der Waals surface area (Å²) < 4.78 is 42.5. The molecular weight excluding hydrogens is 353 g/mol. The van der Waals surface area contributed by atoms with Crippen molar-refractivity contribution in [1.82, 2.24) is 19.7 Å². The lowest BCUT2D eigenvalue weighted by Gasteiger charge is -2.13.